The van der Waals surface area contributed by atoms with E-state index in [0.717, 1.165) is 5.69 Å². The van der Waals surface area contributed by atoms with Gasteiger partial charge < -0.3 is 14.8 Å². The lowest BCUT2D eigenvalue weighted by Crippen LogP contribution is -2.05. The molecular weight excluding hydrogens is 182 g/mol. The molecular formula is C8H11N5O. The molecule has 6 heteroatoms. The summed E-state index contributed by atoms with van der Waals surface area (Å²) in [6.07, 6.45) is 3.35. The van der Waals surface area contributed by atoms with Crippen molar-refractivity contribution in [3.05, 3.63) is 18.4 Å². The molecule has 0 aliphatic heterocycles. The van der Waals surface area contributed by atoms with Crippen molar-refractivity contribution in [2.75, 3.05) is 0 Å². The third kappa shape index (κ3) is 1.39. The number of imidazole rings is 1. The van der Waals surface area contributed by atoms with Gasteiger partial charge in [-0.1, -0.05) is 5.16 Å². The number of hydrogen-bond donors (Lipinski definition) is 1. The lowest BCUT2D eigenvalue weighted by molar-refractivity contribution is 0.362. The van der Waals surface area contributed by atoms with Gasteiger partial charge >= 0.3 is 0 Å². The van der Waals surface area contributed by atoms with Crippen molar-refractivity contribution >= 4 is 0 Å². The first kappa shape index (κ1) is 8.89. The van der Waals surface area contributed by atoms with Crippen molar-refractivity contribution in [2.45, 2.75) is 13.0 Å². The van der Waals surface area contributed by atoms with Crippen molar-refractivity contribution in [1.29, 1.82) is 0 Å². The smallest absolute Gasteiger partial charge is 0.243 e. The topological polar surface area (TPSA) is 82.8 Å². The minimum Gasteiger partial charge on any atom is -0.337 e. The Labute approximate surface area is 80.7 Å². The maximum Gasteiger partial charge on any atom is 0.243 e. The van der Waals surface area contributed by atoms with Gasteiger partial charge in [-0.3, -0.25) is 0 Å². The Morgan fingerprint density at radius 2 is 2.36 bits per heavy atom. The van der Waals surface area contributed by atoms with Crippen LogP contribution in [0.15, 0.2) is 17.0 Å². The van der Waals surface area contributed by atoms with E-state index in [4.69, 9.17) is 10.3 Å². The summed E-state index contributed by atoms with van der Waals surface area (Å²) in [5, 5.41) is 3.81. The third-order valence-corrected chi connectivity index (χ3v) is 1.88. The van der Waals surface area contributed by atoms with Gasteiger partial charge in [-0.2, -0.15) is 4.98 Å². The monoisotopic (exact) mass is 193 g/mol. The molecule has 2 rings (SSSR count). The second kappa shape index (κ2) is 3.22. The number of aromatic nitrogens is 4. The van der Waals surface area contributed by atoms with Crippen molar-refractivity contribution < 1.29 is 4.52 Å². The molecule has 0 amide bonds. The predicted octanol–water partition coefficient (Wildman–Crippen LogP) is 0.490. The van der Waals surface area contributed by atoms with Crippen LogP contribution in [0.25, 0.3) is 11.5 Å². The van der Waals surface area contributed by atoms with Crippen LogP contribution in [-0.2, 0) is 7.05 Å². The van der Waals surface area contributed by atoms with E-state index in [1.807, 2.05) is 11.6 Å². The maximum absolute atomic E-state index is 5.60. The number of nitrogens with zero attached hydrogens (tertiary/aromatic N) is 4. The fraction of sp³-hybridized carbons (Fsp3) is 0.375. The van der Waals surface area contributed by atoms with E-state index >= 15 is 0 Å². The van der Waals surface area contributed by atoms with Crippen molar-refractivity contribution in [1.82, 2.24) is 19.7 Å². The molecule has 0 bridgehead atoms. The fourth-order valence-corrected chi connectivity index (χ4v) is 1.10. The van der Waals surface area contributed by atoms with Crippen LogP contribution < -0.4 is 5.73 Å². The van der Waals surface area contributed by atoms with E-state index < -0.39 is 0 Å². The van der Waals surface area contributed by atoms with Crippen LogP contribution in [0.4, 0.5) is 0 Å². The van der Waals surface area contributed by atoms with Crippen LogP contribution in [0.3, 0.4) is 0 Å². The summed E-state index contributed by atoms with van der Waals surface area (Å²) in [6.45, 7) is 1.79. The molecule has 2 aromatic heterocycles. The van der Waals surface area contributed by atoms with Crippen LogP contribution in [0.5, 0.6) is 0 Å². The van der Waals surface area contributed by atoms with Gasteiger partial charge in [0, 0.05) is 7.05 Å². The maximum atomic E-state index is 5.60. The lowest BCUT2D eigenvalue weighted by Gasteiger charge is -1.94. The summed E-state index contributed by atoms with van der Waals surface area (Å²) in [5.41, 5.74) is 6.41. The van der Waals surface area contributed by atoms with Gasteiger partial charge in [0.2, 0.25) is 11.7 Å². The van der Waals surface area contributed by atoms with Gasteiger partial charge in [0.05, 0.1) is 18.6 Å². The van der Waals surface area contributed by atoms with Gasteiger partial charge in [-0.15, -0.1) is 0 Å². The molecule has 2 aromatic rings. The van der Waals surface area contributed by atoms with E-state index in [1.54, 1.807) is 19.4 Å². The molecule has 0 aromatic carbocycles. The van der Waals surface area contributed by atoms with Crippen molar-refractivity contribution in [2.24, 2.45) is 12.8 Å². The standard InChI is InChI=1S/C8H11N5O/c1-5(9)8-11-7(12-14-8)6-3-10-4-13(6)2/h3-5H,9H2,1-2H3/t5-/m1/s1. The van der Waals surface area contributed by atoms with E-state index in [9.17, 15) is 0 Å². The average Bonchev–Trinajstić information content (AvgIpc) is 2.71. The number of nitrogens with two attached hydrogens (primary N) is 1. The second-order valence-electron chi connectivity index (χ2n) is 3.13. The third-order valence-electron chi connectivity index (χ3n) is 1.88. The quantitative estimate of drug-likeness (QED) is 0.750. The second-order valence-corrected chi connectivity index (χ2v) is 3.13. The Bertz CT molecular complexity index is 430. The van der Waals surface area contributed by atoms with Gasteiger partial charge in [0.1, 0.15) is 5.69 Å². The molecule has 0 aliphatic rings. The summed E-state index contributed by atoms with van der Waals surface area (Å²) >= 11 is 0. The predicted molar refractivity (Wildman–Crippen MR) is 49.1 cm³/mol. The highest BCUT2D eigenvalue weighted by molar-refractivity contribution is 5.47. The molecule has 0 fully saturated rings. The van der Waals surface area contributed by atoms with E-state index in [2.05, 4.69) is 15.1 Å². The Morgan fingerprint density at radius 3 is 2.86 bits per heavy atom. The molecule has 0 saturated heterocycles. The molecule has 2 heterocycles. The first-order valence-electron chi connectivity index (χ1n) is 4.24. The minimum atomic E-state index is -0.246. The van der Waals surface area contributed by atoms with Gasteiger partial charge in [0.15, 0.2) is 0 Å². The molecule has 1 atom stereocenters. The molecule has 14 heavy (non-hydrogen) atoms. The zero-order valence-corrected chi connectivity index (χ0v) is 8.01. The first-order chi connectivity index (χ1) is 6.68. The minimum absolute atomic E-state index is 0.246. The summed E-state index contributed by atoms with van der Waals surface area (Å²) < 4.78 is 6.79. The van der Waals surface area contributed by atoms with E-state index in [1.165, 1.54) is 0 Å². The van der Waals surface area contributed by atoms with Gasteiger partial charge in [-0.05, 0) is 6.92 Å². The largest absolute Gasteiger partial charge is 0.337 e. The number of aryl methyl sites for hydroxylation is 1. The molecule has 0 spiro atoms. The molecule has 6 nitrogen and oxygen atoms in total. The summed E-state index contributed by atoms with van der Waals surface area (Å²) in [4.78, 5) is 8.11. The molecule has 0 aliphatic carbocycles. The van der Waals surface area contributed by atoms with Crippen LogP contribution in [0.1, 0.15) is 18.9 Å². The zero-order chi connectivity index (χ0) is 10.1. The Balaban J connectivity index is 2.39. The molecule has 0 radical (unpaired) electrons. The van der Waals surface area contributed by atoms with Crippen LogP contribution >= 0.6 is 0 Å². The highest BCUT2D eigenvalue weighted by Gasteiger charge is 2.13. The Hall–Kier alpha value is -1.69. The van der Waals surface area contributed by atoms with Crippen molar-refractivity contribution in [3.63, 3.8) is 0 Å². The highest BCUT2D eigenvalue weighted by atomic mass is 16.5. The number of rotatable bonds is 2. The Morgan fingerprint density at radius 1 is 1.57 bits per heavy atom. The van der Waals surface area contributed by atoms with E-state index in [-0.39, 0.29) is 6.04 Å². The molecule has 74 valence electrons. The first-order valence-corrected chi connectivity index (χ1v) is 4.24. The average molecular weight is 193 g/mol. The zero-order valence-electron chi connectivity index (χ0n) is 8.01. The van der Waals surface area contributed by atoms with Gasteiger partial charge in [-0.25, -0.2) is 4.98 Å². The SMILES string of the molecule is C[C@@H](N)c1nc(-c2cncn2C)no1. The molecule has 0 saturated carbocycles. The normalized spacial score (nSPS) is 13.1. The van der Waals surface area contributed by atoms with Crippen molar-refractivity contribution in [3.8, 4) is 11.5 Å². The molecule has 0 unspecified atom stereocenters. The Kier molecular flexibility index (Phi) is 2.05. The van der Waals surface area contributed by atoms with Crippen LogP contribution in [0, 0.1) is 0 Å². The summed E-state index contributed by atoms with van der Waals surface area (Å²) in [5.74, 6) is 0.943. The molecule has 2 N–H and O–H groups in total. The van der Waals surface area contributed by atoms with Gasteiger partial charge in [0.25, 0.3) is 0 Å². The highest BCUT2D eigenvalue weighted by Crippen LogP contribution is 2.15. The fourth-order valence-electron chi connectivity index (χ4n) is 1.10. The summed E-state index contributed by atoms with van der Waals surface area (Å²) in [6, 6.07) is -0.246. The number of hydrogen-bond acceptors (Lipinski definition) is 5. The lowest BCUT2D eigenvalue weighted by atomic mass is 10.3. The van der Waals surface area contributed by atoms with Crippen LogP contribution in [0.2, 0.25) is 0 Å². The van der Waals surface area contributed by atoms with Crippen LogP contribution in [-0.4, -0.2) is 19.7 Å². The summed E-state index contributed by atoms with van der Waals surface area (Å²) in [7, 11) is 1.87. The van der Waals surface area contributed by atoms with E-state index in [0.29, 0.717) is 11.7 Å².